The predicted octanol–water partition coefficient (Wildman–Crippen LogP) is 5.44. The Bertz CT molecular complexity index is 1320. The van der Waals surface area contributed by atoms with Crippen LogP contribution in [0.2, 0.25) is 5.02 Å². The number of thioether (sulfide) groups is 1. The van der Waals surface area contributed by atoms with Gasteiger partial charge in [0, 0.05) is 22.7 Å². The van der Waals surface area contributed by atoms with Crippen molar-refractivity contribution < 1.29 is 23.5 Å². The highest BCUT2D eigenvalue weighted by molar-refractivity contribution is 8.18. The topological polar surface area (TPSA) is 92.8 Å². The van der Waals surface area contributed by atoms with Gasteiger partial charge in [0.25, 0.3) is 11.1 Å². The van der Waals surface area contributed by atoms with Crippen molar-refractivity contribution >= 4 is 40.6 Å². The van der Waals surface area contributed by atoms with Crippen molar-refractivity contribution in [1.82, 2.24) is 4.90 Å². The van der Waals surface area contributed by atoms with Crippen LogP contribution in [-0.4, -0.2) is 22.8 Å². The van der Waals surface area contributed by atoms with E-state index in [1.165, 1.54) is 0 Å². The second-order valence-electron chi connectivity index (χ2n) is 6.96. The average Bonchev–Trinajstić information content (AvgIpc) is 3.51. The zero-order valence-electron chi connectivity index (χ0n) is 16.3. The van der Waals surface area contributed by atoms with Crippen molar-refractivity contribution in [3.63, 3.8) is 0 Å². The van der Waals surface area contributed by atoms with Crippen molar-refractivity contribution in [3.05, 3.63) is 75.3 Å². The monoisotopic (exact) mass is 464 g/mol. The lowest BCUT2D eigenvalue weighted by atomic mass is 10.1. The van der Waals surface area contributed by atoms with Gasteiger partial charge in [0.15, 0.2) is 11.5 Å². The van der Waals surface area contributed by atoms with Gasteiger partial charge in [0.1, 0.15) is 11.5 Å². The molecule has 158 valence electrons. The summed E-state index contributed by atoms with van der Waals surface area (Å²) >= 11 is 7.13. The van der Waals surface area contributed by atoms with E-state index in [0.29, 0.717) is 39.2 Å². The van der Waals surface area contributed by atoms with Crippen LogP contribution in [-0.2, 0) is 11.3 Å². The summed E-state index contributed by atoms with van der Waals surface area (Å²) in [7, 11) is 0. The fourth-order valence-electron chi connectivity index (χ4n) is 3.31. The summed E-state index contributed by atoms with van der Waals surface area (Å²) in [6.07, 6.45) is 1.54. The van der Waals surface area contributed by atoms with Gasteiger partial charge < -0.3 is 13.9 Å². The summed E-state index contributed by atoms with van der Waals surface area (Å²) in [6.45, 7) is 0.124. The fraction of sp³-hybridized carbons (Fsp3) is 0.0870. The number of nitrogens with zero attached hydrogens (tertiary/aromatic N) is 2. The number of hydrogen-bond acceptors (Lipinski definition) is 7. The highest BCUT2D eigenvalue weighted by Crippen LogP contribution is 2.39. The molecule has 0 radical (unpaired) electrons. The number of amides is 2. The molecule has 0 unspecified atom stereocenters. The molecule has 2 aromatic carbocycles. The van der Waals surface area contributed by atoms with Gasteiger partial charge in [0.05, 0.1) is 23.1 Å². The highest BCUT2D eigenvalue weighted by Gasteiger charge is 2.36. The van der Waals surface area contributed by atoms with E-state index in [4.69, 9.17) is 30.8 Å². The molecule has 2 aliphatic rings. The molecule has 32 heavy (non-hydrogen) atoms. The van der Waals surface area contributed by atoms with Gasteiger partial charge in [-0.3, -0.25) is 14.5 Å². The molecule has 0 saturated carbocycles. The number of carbonyl (C=O) groups is 2. The maximum Gasteiger partial charge on any atom is 0.293 e. The molecule has 2 amide bonds. The molecule has 5 rings (SSSR count). The predicted molar refractivity (Wildman–Crippen MR) is 118 cm³/mol. The summed E-state index contributed by atoms with van der Waals surface area (Å²) in [6, 6.07) is 15.8. The van der Waals surface area contributed by atoms with Crippen LogP contribution in [0.15, 0.2) is 57.9 Å². The molecule has 3 heterocycles. The number of hydrogen-bond donors (Lipinski definition) is 0. The van der Waals surface area contributed by atoms with E-state index in [9.17, 15) is 9.59 Å². The van der Waals surface area contributed by atoms with Crippen LogP contribution in [0.3, 0.4) is 0 Å². The molecular weight excluding hydrogens is 452 g/mol. The van der Waals surface area contributed by atoms with E-state index in [1.54, 1.807) is 54.6 Å². The van der Waals surface area contributed by atoms with Gasteiger partial charge in [-0.05, 0) is 59.8 Å². The normalized spacial score (nSPS) is 16.1. The Morgan fingerprint density at radius 3 is 2.59 bits per heavy atom. The van der Waals surface area contributed by atoms with Crippen LogP contribution in [0.25, 0.3) is 17.4 Å². The standard InChI is InChI=1S/C23H13ClN2O5S/c24-17-9-20-19(29-12-30-20)7-15(17)11-26-22(27)21(32-23(26)28)8-16-5-6-18(31-16)14-3-1-13(10-25)2-4-14/h1-9H,11-12H2. The second-order valence-corrected chi connectivity index (χ2v) is 8.36. The summed E-state index contributed by atoms with van der Waals surface area (Å²) in [5, 5.41) is 8.90. The molecule has 1 fully saturated rings. The third-order valence-electron chi connectivity index (χ3n) is 4.94. The van der Waals surface area contributed by atoms with Crippen molar-refractivity contribution in [3.8, 4) is 28.9 Å². The Labute approximate surface area is 191 Å². The van der Waals surface area contributed by atoms with Gasteiger partial charge in [-0.25, -0.2) is 0 Å². The molecular formula is C23H13ClN2O5S. The van der Waals surface area contributed by atoms with E-state index in [0.717, 1.165) is 22.2 Å². The molecule has 2 aliphatic heterocycles. The number of halogens is 1. The first-order valence-corrected chi connectivity index (χ1v) is 10.6. The summed E-state index contributed by atoms with van der Waals surface area (Å²) in [4.78, 5) is 26.7. The maximum atomic E-state index is 12.9. The van der Waals surface area contributed by atoms with Crippen molar-refractivity contribution in [2.24, 2.45) is 0 Å². The van der Waals surface area contributed by atoms with Crippen molar-refractivity contribution in [2.45, 2.75) is 6.54 Å². The number of imide groups is 1. The smallest absolute Gasteiger partial charge is 0.293 e. The van der Waals surface area contributed by atoms with E-state index in [2.05, 4.69) is 6.07 Å². The van der Waals surface area contributed by atoms with Crippen LogP contribution in [0.4, 0.5) is 4.79 Å². The molecule has 0 N–H and O–H groups in total. The maximum absolute atomic E-state index is 12.9. The van der Waals surface area contributed by atoms with Crippen molar-refractivity contribution in [1.29, 1.82) is 5.26 Å². The molecule has 1 saturated heterocycles. The molecule has 1 aromatic heterocycles. The summed E-state index contributed by atoms with van der Waals surface area (Å²) < 4.78 is 16.4. The lowest BCUT2D eigenvalue weighted by Crippen LogP contribution is -2.27. The lowest BCUT2D eigenvalue weighted by Gasteiger charge is -2.14. The van der Waals surface area contributed by atoms with Gasteiger partial charge in [0.2, 0.25) is 6.79 Å². The first kappa shape index (κ1) is 20.2. The number of nitriles is 1. The minimum atomic E-state index is -0.426. The number of rotatable bonds is 4. The molecule has 0 aliphatic carbocycles. The van der Waals surface area contributed by atoms with Gasteiger partial charge in [-0.1, -0.05) is 11.6 Å². The number of ether oxygens (including phenoxy) is 2. The van der Waals surface area contributed by atoms with E-state index in [-0.39, 0.29) is 18.2 Å². The third-order valence-corrected chi connectivity index (χ3v) is 6.20. The van der Waals surface area contributed by atoms with Crippen molar-refractivity contribution in [2.75, 3.05) is 6.79 Å². The van der Waals surface area contributed by atoms with Crippen LogP contribution in [0.5, 0.6) is 11.5 Å². The van der Waals surface area contributed by atoms with Crippen LogP contribution < -0.4 is 9.47 Å². The van der Waals surface area contributed by atoms with Crippen LogP contribution in [0.1, 0.15) is 16.9 Å². The summed E-state index contributed by atoms with van der Waals surface area (Å²) in [5.41, 5.74) is 1.94. The molecule has 0 atom stereocenters. The van der Waals surface area contributed by atoms with Gasteiger partial charge in [-0.15, -0.1) is 0 Å². The number of benzene rings is 2. The van der Waals surface area contributed by atoms with Crippen LogP contribution in [0, 0.1) is 11.3 Å². The third kappa shape index (κ3) is 3.73. The molecule has 0 spiro atoms. The van der Waals surface area contributed by atoms with E-state index < -0.39 is 11.1 Å². The molecule has 3 aromatic rings. The lowest BCUT2D eigenvalue weighted by molar-refractivity contribution is -0.123. The Balaban J connectivity index is 1.35. The zero-order chi connectivity index (χ0) is 22.2. The minimum absolute atomic E-state index is 0.0200. The quantitative estimate of drug-likeness (QED) is 0.475. The molecule has 9 heteroatoms. The fourth-order valence-corrected chi connectivity index (χ4v) is 4.34. The highest BCUT2D eigenvalue weighted by atomic mass is 35.5. The first-order chi connectivity index (χ1) is 15.5. The Morgan fingerprint density at radius 1 is 1.09 bits per heavy atom. The minimum Gasteiger partial charge on any atom is -0.457 e. The Morgan fingerprint density at radius 2 is 1.84 bits per heavy atom. The SMILES string of the molecule is N#Cc1ccc(-c2ccc(C=C3SC(=O)N(Cc4cc5c(cc4Cl)OCO5)C3=O)o2)cc1. The van der Waals surface area contributed by atoms with E-state index in [1.807, 2.05) is 0 Å². The number of carbonyl (C=O) groups excluding carboxylic acids is 2. The number of furan rings is 1. The average molecular weight is 465 g/mol. The Kier molecular flexibility index (Phi) is 5.13. The second kappa shape index (κ2) is 8.11. The van der Waals surface area contributed by atoms with Crippen LogP contribution >= 0.6 is 23.4 Å². The largest absolute Gasteiger partial charge is 0.457 e. The van der Waals surface area contributed by atoms with E-state index >= 15 is 0 Å². The van der Waals surface area contributed by atoms with Gasteiger partial charge in [-0.2, -0.15) is 5.26 Å². The molecule has 7 nitrogen and oxygen atoms in total. The first-order valence-electron chi connectivity index (χ1n) is 9.45. The molecule has 0 bridgehead atoms. The number of fused-ring (bicyclic) bond motifs is 1. The Hall–Kier alpha value is -3.67. The summed E-state index contributed by atoms with van der Waals surface area (Å²) in [5.74, 6) is 1.66. The van der Waals surface area contributed by atoms with Gasteiger partial charge >= 0.3 is 0 Å². The zero-order valence-corrected chi connectivity index (χ0v) is 17.9.